The van der Waals surface area contributed by atoms with E-state index in [4.69, 9.17) is 5.73 Å². The Balaban J connectivity index is 0.00000338. The third-order valence-corrected chi connectivity index (χ3v) is 6.14. The summed E-state index contributed by atoms with van der Waals surface area (Å²) in [6, 6.07) is 6.25. The van der Waals surface area contributed by atoms with Gasteiger partial charge in [-0.05, 0) is 25.0 Å². The highest BCUT2D eigenvalue weighted by atomic mass is 35.5. The van der Waals surface area contributed by atoms with Gasteiger partial charge in [0.1, 0.15) is 0 Å². The predicted octanol–water partition coefficient (Wildman–Crippen LogP) is 0.829. The van der Waals surface area contributed by atoms with Crippen molar-refractivity contribution in [1.29, 1.82) is 0 Å². The molecule has 1 aromatic carbocycles. The van der Waals surface area contributed by atoms with Crippen LogP contribution in [0.15, 0.2) is 29.2 Å². The van der Waals surface area contributed by atoms with Gasteiger partial charge in [0.2, 0.25) is 5.91 Å². The molecule has 0 spiro atoms. The number of nitrogens with one attached hydrogen (secondary N) is 1. The van der Waals surface area contributed by atoms with Gasteiger partial charge >= 0.3 is 0 Å². The molecule has 0 aromatic heterocycles. The Labute approximate surface area is 160 Å². The van der Waals surface area contributed by atoms with E-state index in [2.05, 4.69) is 5.32 Å². The van der Waals surface area contributed by atoms with Crippen molar-refractivity contribution in [2.75, 3.05) is 31.9 Å². The first kappa shape index (κ1) is 22.4. The van der Waals surface area contributed by atoms with Crippen LogP contribution in [0.25, 0.3) is 0 Å². The molecule has 2 rings (SSSR count). The highest BCUT2D eigenvalue weighted by molar-refractivity contribution is 7.91. The highest BCUT2D eigenvalue weighted by Gasteiger charge is 2.31. The fourth-order valence-corrected chi connectivity index (χ4v) is 4.04. The lowest BCUT2D eigenvalue weighted by Gasteiger charge is -2.32. The van der Waals surface area contributed by atoms with Crippen molar-refractivity contribution < 1.29 is 18.0 Å². The Morgan fingerprint density at radius 3 is 2.65 bits per heavy atom. The third-order valence-electron chi connectivity index (χ3n) is 4.36. The molecule has 1 aromatic rings. The maximum atomic E-state index is 12.9. The zero-order valence-corrected chi connectivity index (χ0v) is 16.4. The number of nitrogens with zero attached hydrogens (tertiary/aromatic N) is 1. The number of rotatable bonds is 6. The lowest BCUT2D eigenvalue weighted by atomic mass is 9.96. The molecule has 146 valence electrons. The van der Waals surface area contributed by atoms with Crippen molar-refractivity contribution in [3.63, 3.8) is 0 Å². The number of carbonyl (C=O) groups excluding carboxylic acids is 2. The summed E-state index contributed by atoms with van der Waals surface area (Å²) in [7, 11) is -3.50. The van der Waals surface area contributed by atoms with Gasteiger partial charge in [0, 0.05) is 26.2 Å². The fourth-order valence-electron chi connectivity index (χ4n) is 2.96. The molecule has 1 unspecified atom stereocenters. The average molecular weight is 404 g/mol. The van der Waals surface area contributed by atoms with Gasteiger partial charge < -0.3 is 16.0 Å². The molecule has 1 saturated heterocycles. The maximum Gasteiger partial charge on any atom is 0.255 e. The molecule has 0 radical (unpaired) electrons. The summed E-state index contributed by atoms with van der Waals surface area (Å²) in [5.74, 6) is -0.818. The van der Waals surface area contributed by atoms with Crippen molar-refractivity contribution >= 4 is 34.1 Å². The van der Waals surface area contributed by atoms with Crippen LogP contribution in [0.1, 0.15) is 30.1 Å². The number of hydrogen-bond donors (Lipinski definition) is 2. The Morgan fingerprint density at radius 1 is 1.31 bits per heavy atom. The van der Waals surface area contributed by atoms with Crippen LogP contribution in [0.4, 0.5) is 0 Å². The molecule has 0 aliphatic carbocycles. The molecule has 0 bridgehead atoms. The second-order valence-corrected chi connectivity index (χ2v) is 8.32. The van der Waals surface area contributed by atoms with Gasteiger partial charge in [-0.1, -0.05) is 19.1 Å². The maximum absolute atomic E-state index is 12.9. The quantitative estimate of drug-likeness (QED) is 0.731. The van der Waals surface area contributed by atoms with Gasteiger partial charge in [-0.2, -0.15) is 0 Å². The molecule has 2 amide bonds. The summed E-state index contributed by atoms with van der Waals surface area (Å²) in [6.07, 6.45) is 1.41. The van der Waals surface area contributed by atoms with E-state index < -0.39 is 9.84 Å². The summed E-state index contributed by atoms with van der Waals surface area (Å²) in [5, 5.41) is 2.75. The van der Waals surface area contributed by atoms with Crippen LogP contribution in [0.2, 0.25) is 0 Å². The van der Waals surface area contributed by atoms with E-state index in [0.29, 0.717) is 32.5 Å². The van der Waals surface area contributed by atoms with Crippen molar-refractivity contribution in [1.82, 2.24) is 10.2 Å². The molecule has 7 nitrogen and oxygen atoms in total. The Bertz CT molecular complexity index is 739. The first-order valence-electron chi connectivity index (χ1n) is 8.49. The predicted molar refractivity (Wildman–Crippen MR) is 102 cm³/mol. The number of halogens is 1. The highest BCUT2D eigenvalue weighted by Crippen LogP contribution is 2.23. The second kappa shape index (κ2) is 9.89. The molecule has 3 N–H and O–H groups in total. The summed E-state index contributed by atoms with van der Waals surface area (Å²) in [4.78, 5) is 26.6. The van der Waals surface area contributed by atoms with Crippen molar-refractivity contribution in [3.05, 3.63) is 29.8 Å². The normalized spacial score (nSPS) is 17.3. The summed E-state index contributed by atoms with van der Waals surface area (Å²) >= 11 is 0. The van der Waals surface area contributed by atoms with E-state index in [-0.39, 0.29) is 52.9 Å². The smallest absolute Gasteiger partial charge is 0.255 e. The monoisotopic (exact) mass is 403 g/mol. The van der Waals surface area contributed by atoms with E-state index >= 15 is 0 Å². The van der Waals surface area contributed by atoms with E-state index in [1.54, 1.807) is 24.0 Å². The van der Waals surface area contributed by atoms with Crippen LogP contribution in [-0.2, 0) is 14.6 Å². The van der Waals surface area contributed by atoms with E-state index in [0.717, 1.165) is 0 Å². The lowest BCUT2D eigenvalue weighted by molar-refractivity contribution is -0.126. The summed E-state index contributed by atoms with van der Waals surface area (Å²) in [5.41, 5.74) is 5.57. The Kier molecular flexibility index (Phi) is 8.52. The van der Waals surface area contributed by atoms with Gasteiger partial charge in [0.05, 0.1) is 22.1 Å². The second-order valence-electron chi connectivity index (χ2n) is 6.07. The van der Waals surface area contributed by atoms with Crippen LogP contribution in [0.5, 0.6) is 0 Å². The fraction of sp³-hybridized carbons (Fsp3) is 0.529. The summed E-state index contributed by atoms with van der Waals surface area (Å²) < 4.78 is 24.5. The van der Waals surface area contributed by atoms with Crippen LogP contribution in [0, 0.1) is 5.92 Å². The zero-order chi connectivity index (χ0) is 18.4. The lowest BCUT2D eigenvalue weighted by Crippen LogP contribution is -2.46. The van der Waals surface area contributed by atoms with Gasteiger partial charge in [-0.25, -0.2) is 8.42 Å². The molecule has 1 fully saturated rings. The average Bonchev–Trinajstić information content (AvgIpc) is 2.65. The molecular formula is C17H26ClN3O4S. The van der Waals surface area contributed by atoms with E-state index in [1.165, 1.54) is 12.1 Å². The van der Waals surface area contributed by atoms with Crippen molar-refractivity contribution in [2.45, 2.75) is 24.7 Å². The van der Waals surface area contributed by atoms with Crippen LogP contribution in [-0.4, -0.2) is 57.1 Å². The first-order chi connectivity index (χ1) is 11.9. The molecule has 1 aliphatic rings. The molecule has 9 heteroatoms. The third kappa shape index (κ3) is 5.18. The Hall–Kier alpha value is -1.64. The van der Waals surface area contributed by atoms with Crippen LogP contribution >= 0.6 is 12.4 Å². The first-order valence-corrected chi connectivity index (χ1v) is 10.1. The van der Waals surface area contributed by atoms with E-state index in [1.807, 2.05) is 0 Å². The summed E-state index contributed by atoms with van der Waals surface area (Å²) in [6.45, 7) is 3.12. The number of carbonyl (C=O) groups is 2. The largest absolute Gasteiger partial charge is 0.355 e. The number of hydrogen-bond acceptors (Lipinski definition) is 5. The molecule has 0 saturated carbocycles. The number of likely N-dealkylation sites (tertiary alicyclic amines) is 1. The topological polar surface area (TPSA) is 110 Å². The number of sulfone groups is 1. The van der Waals surface area contributed by atoms with Crippen molar-refractivity contribution in [2.24, 2.45) is 11.7 Å². The number of piperidine rings is 1. The van der Waals surface area contributed by atoms with Crippen LogP contribution < -0.4 is 11.1 Å². The minimum absolute atomic E-state index is 0. The van der Waals surface area contributed by atoms with Gasteiger partial charge in [0.15, 0.2) is 9.84 Å². The SMILES string of the molecule is CCS(=O)(=O)c1ccccc1C(=O)N1CCCC(C(=O)NCCN)C1.Cl. The molecule has 26 heavy (non-hydrogen) atoms. The van der Waals surface area contributed by atoms with Crippen molar-refractivity contribution in [3.8, 4) is 0 Å². The Morgan fingerprint density at radius 2 is 2.00 bits per heavy atom. The minimum atomic E-state index is -3.50. The molecule has 1 heterocycles. The molecule has 1 atom stereocenters. The zero-order valence-electron chi connectivity index (χ0n) is 14.8. The van der Waals surface area contributed by atoms with Gasteiger partial charge in [-0.3, -0.25) is 9.59 Å². The number of amides is 2. The molecular weight excluding hydrogens is 378 g/mol. The standard InChI is InChI=1S/C17H25N3O4S.ClH/c1-2-25(23,24)15-8-4-3-7-14(15)17(22)20-11-5-6-13(12-20)16(21)19-10-9-18;/h3-4,7-8,13H,2,5-6,9-12,18H2,1H3,(H,19,21);1H. The number of nitrogens with two attached hydrogens (primary N) is 1. The van der Waals surface area contributed by atoms with Crippen LogP contribution in [0.3, 0.4) is 0 Å². The van der Waals surface area contributed by atoms with E-state index in [9.17, 15) is 18.0 Å². The molecule has 1 aliphatic heterocycles. The van der Waals surface area contributed by atoms with Gasteiger partial charge in [-0.15, -0.1) is 12.4 Å². The number of benzene rings is 1. The van der Waals surface area contributed by atoms with Gasteiger partial charge in [0.25, 0.3) is 5.91 Å². The minimum Gasteiger partial charge on any atom is -0.355 e.